The molecule has 0 aliphatic rings. The Kier molecular flexibility index (Phi) is 8.29. The van der Waals surface area contributed by atoms with Crippen LogP contribution in [0.3, 0.4) is 0 Å². The normalized spacial score (nSPS) is 10.4. The molecule has 0 heterocycles. The second-order valence-electron chi connectivity index (χ2n) is 5.59. The van der Waals surface area contributed by atoms with Gasteiger partial charge in [-0.25, -0.2) is 0 Å². The molecule has 0 saturated heterocycles. The van der Waals surface area contributed by atoms with Gasteiger partial charge in [-0.05, 0) is 42.3 Å². The average molecular weight is 411 g/mol. The first-order valence-electron chi connectivity index (χ1n) is 8.21. The predicted molar refractivity (Wildman–Crippen MR) is 108 cm³/mol. The zero-order valence-electron chi connectivity index (χ0n) is 14.4. The molecule has 26 heavy (non-hydrogen) atoms. The van der Waals surface area contributed by atoms with Crippen molar-refractivity contribution in [2.75, 3.05) is 13.1 Å². The Morgan fingerprint density at radius 2 is 1.77 bits per heavy atom. The van der Waals surface area contributed by atoms with Crippen molar-refractivity contribution < 1.29 is 9.59 Å². The number of hydrogen-bond donors (Lipinski definition) is 2. The van der Waals surface area contributed by atoms with Crippen molar-refractivity contribution in [3.05, 3.63) is 63.6 Å². The van der Waals surface area contributed by atoms with Crippen LogP contribution in [-0.4, -0.2) is 24.9 Å². The number of rotatable bonds is 8. The maximum absolute atomic E-state index is 12.1. The molecule has 2 aromatic carbocycles. The molecule has 0 saturated carbocycles. The van der Waals surface area contributed by atoms with E-state index in [1.807, 2.05) is 25.1 Å². The van der Waals surface area contributed by atoms with Crippen LogP contribution < -0.4 is 10.6 Å². The summed E-state index contributed by atoms with van der Waals surface area (Å²) in [5.74, 6) is 0.252. The standard InChI is InChI=1S/C19H20Cl2N2O2S/c1-2-9-22-18(24)11-23-19(25)14-5-3-13(4-6-14)12-26-17-10-15(20)7-8-16(17)21/h3-8,10H,2,9,11-12H2,1H3,(H,22,24)(H,23,25). The number of amides is 2. The summed E-state index contributed by atoms with van der Waals surface area (Å²) in [4.78, 5) is 24.5. The van der Waals surface area contributed by atoms with Crippen LogP contribution in [0, 0.1) is 0 Å². The van der Waals surface area contributed by atoms with Gasteiger partial charge >= 0.3 is 0 Å². The number of carbonyl (C=O) groups is 2. The van der Waals surface area contributed by atoms with Gasteiger partial charge in [-0.3, -0.25) is 9.59 Å². The largest absolute Gasteiger partial charge is 0.355 e. The molecule has 0 bridgehead atoms. The highest BCUT2D eigenvalue weighted by Gasteiger charge is 2.08. The topological polar surface area (TPSA) is 58.2 Å². The van der Waals surface area contributed by atoms with Gasteiger partial charge in [-0.15, -0.1) is 11.8 Å². The van der Waals surface area contributed by atoms with Gasteiger partial charge in [0.15, 0.2) is 0 Å². The molecule has 0 atom stereocenters. The summed E-state index contributed by atoms with van der Waals surface area (Å²) < 4.78 is 0. The number of thioether (sulfide) groups is 1. The Morgan fingerprint density at radius 1 is 1.04 bits per heavy atom. The van der Waals surface area contributed by atoms with Crippen LogP contribution >= 0.6 is 35.0 Å². The molecule has 138 valence electrons. The van der Waals surface area contributed by atoms with E-state index in [4.69, 9.17) is 23.2 Å². The van der Waals surface area contributed by atoms with Crippen LogP contribution in [-0.2, 0) is 10.5 Å². The van der Waals surface area contributed by atoms with Gasteiger partial charge < -0.3 is 10.6 Å². The lowest BCUT2D eigenvalue weighted by atomic mass is 10.1. The first-order chi connectivity index (χ1) is 12.5. The first kappa shape index (κ1) is 20.6. The molecule has 2 N–H and O–H groups in total. The van der Waals surface area contributed by atoms with E-state index in [1.54, 1.807) is 36.0 Å². The summed E-state index contributed by atoms with van der Waals surface area (Å²) in [6.45, 7) is 2.56. The van der Waals surface area contributed by atoms with Gasteiger partial charge in [0.25, 0.3) is 5.91 Å². The number of benzene rings is 2. The van der Waals surface area contributed by atoms with E-state index >= 15 is 0 Å². The second-order valence-corrected chi connectivity index (χ2v) is 7.45. The third-order valence-corrected chi connectivity index (χ3v) is 5.29. The third kappa shape index (κ3) is 6.56. The fraction of sp³-hybridized carbons (Fsp3) is 0.263. The molecule has 7 heteroatoms. The van der Waals surface area contributed by atoms with Gasteiger partial charge in [0.05, 0.1) is 11.6 Å². The van der Waals surface area contributed by atoms with E-state index in [1.165, 1.54) is 0 Å². The lowest BCUT2D eigenvalue weighted by Gasteiger charge is -2.08. The maximum atomic E-state index is 12.1. The summed E-state index contributed by atoms with van der Waals surface area (Å²) in [6, 6.07) is 12.6. The summed E-state index contributed by atoms with van der Waals surface area (Å²) >= 11 is 13.7. The van der Waals surface area contributed by atoms with E-state index in [0.29, 0.717) is 27.9 Å². The maximum Gasteiger partial charge on any atom is 0.251 e. The summed E-state index contributed by atoms with van der Waals surface area (Å²) in [7, 11) is 0. The number of nitrogens with one attached hydrogen (secondary N) is 2. The van der Waals surface area contributed by atoms with Crippen LogP contribution in [0.2, 0.25) is 10.0 Å². The van der Waals surface area contributed by atoms with E-state index in [9.17, 15) is 9.59 Å². The van der Waals surface area contributed by atoms with Gasteiger partial charge in [-0.2, -0.15) is 0 Å². The number of carbonyl (C=O) groups excluding carboxylic acids is 2. The molecule has 0 aliphatic heterocycles. The zero-order chi connectivity index (χ0) is 18.9. The second kappa shape index (κ2) is 10.5. The van der Waals surface area contributed by atoms with Gasteiger partial charge in [-0.1, -0.05) is 42.3 Å². The van der Waals surface area contributed by atoms with E-state index in [2.05, 4.69) is 10.6 Å². The van der Waals surface area contributed by atoms with Crippen molar-refractivity contribution in [1.82, 2.24) is 10.6 Å². The third-order valence-electron chi connectivity index (χ3n) is 3.49. The first-order valence-corrected chi connectivity index (χ1v) is 9.95. The minimum Gasteiger partial charge on any atom is -0.355 e. The van der Waals surface area contributed by atoms with Crippen LogP contribution in [0.1, 0.15) is 29.3 Å². The van der Waals surface area contributed by atoms with Gasteiger partial charge in [0.2, 0.25) is 5.91 Å². The molecule has 2 aromatic rings. The molecule has 0 aliphatic carbocycles. The van der Waals surface area contributed by atoms with E-state index < -0.39 is 0 Å². The summed E-state index contributed by atoms with van der Waals surface area (Å²) in [6.07, 6.45) is 0.861. The monoisotopic (exact) mass is 410 g/mol. The Hall–Kier alpha value is -1.69. The van der Waals surface area contributed by atoms with Crippen LogP contribution in [0.5, 0.6) is 0 Å². The Balaban J connectivity index is 1.86. The SMILES string of the molecule is CCCNC(=O)CNC(=O)c1ccc(CSc2cc(Cl)ccc2Cl)cc1. The Bertz CT molecular complexity index is 767. The van der Waals surface area contributed by atoms with Gasteiger partial charge in [0.1, 0.15) is 0 Å². The highest BCUT2D eigenvalue weighted by molar-refractivity contribution is 7.98. The molecule has 0 spiro atoms. The van der Waals surface area contributed by atoms with Crippen LogP contribution in [0.4, 0.5) is 0 Å². The number of halogens is 2. The highest BCUT2D eigenvalue weighted by atomic mass is 35.5. The molecule has 0 aromatic heterocycles. The van der Waals surface area contributed by atoms with Crippen molar-refractivity contribution in [2.45, 2.75) is 24.0 Å². The number of hydrogen-bond acceptors (Lipinski definition) is 3. The smallest absolute Gasteiger partial charge is 0.251 e. The van der Waals surface area contributed by atoms with Crippen molar-refractivity contribution >= 4 is 46.8 Å². The van der Waals surface area contributed by atoms with Crippen molar-refractivity contribution in [2.24, 2.45) is 0 Å². The molecule has 4 nitrogen and oxygen atoms in total. The lowest BCUT2D eigenvalue weighted by Crippen LogP contribution is -2.37. The van der Waals surface area contributed by atoms with Crippen molar-refractivity contribution in [3.63, 3.8) is 0 Å². The molecule has 0 radical (unpaired) electrons. The van der Waals surface area contributed by atoms with Crippen molar-refractivity contribution in [1.29, 1.82) is 0 Å². The molecule has 2 rings (SSSR count). The zero-order valence-corrected chi connectivity index (χ0v) is 16.7. The summed E-state index contributed by atoms with van der Waals surface area (Å²) in [5.41, 5.74) is 1.58. The Labute approximate surface area is 167 Å². The fourth-order valence-electron chi connectivity index (χ4n) is 2.09. The molecular weight excluding hydrogens is 391 g/mol. The lowest BCUT2D eigenvalue weighted by molar-refractivity contribution is -0.120. The van der Waals surface area contributed by atoms with Crippen LogP contribution in [0.25, 0.3) is 0 Å². The molecule has 2 amide bonds. The molecular formula is C19H20Cl2N2O2S. The Morgan fingerprint density at radius 3 is 2.46 bits per heavy atom. The quantitative estimate of drug-likeness (QED) is 0.627. The fourth-order valence-corrected chi connectivity index (χ4v) is 3.54. The highest BCUT2D eigenvalue weighted by Crippen LogP contribution is 2.32. The minimum atomic E-state index is -0.270. The van der Waals surface area contributed by atoms with Crippen LogP contribution in [0.15, 0.2) is 47.4 Å². The summed E-state index contributed by atoms with van der Waals surface area (Å²) in [5, 5.41) is 6.63. The van der Waals surface area contributed by atoms with Crippen molar-refractivity contribution in [3.8, 4) is 0 Å². The van der Waals surface area contributed by atoms with E-state index in [-0.39, 0.29) is 18.4 Å². The minimum absolute atomic E-state index is 0.0241. The molecule has 0 unspecified atom stereocenters. The average Bonchev–Trinajstić information content (AvgIpc) is 2.65. The predicted octanol–water partition coefficient (Wildman–Crippen LogP) is 4.54. The van der Waals surface area contributed by atoms with E-state index in [0.717, 1.165) is 16.9 Å². The van der Waals surface area contributed by atoms with Gasteiger partial charge in [0, 0.05) is 27.8 Å². The molecule has 0 fully saturated rings.